The third kappa shape index (κ3) is 3.52. The van der Waals surface area contributed by atoms with Crippen LogP contribution in [0.25, 0.3) is 0 Å². The number of nitrogens with two attached hydrogens (primary N) is 1. The van der Waals surface area contributed by atoms with Gasteiger partial charge in [0.05, 0.1) is 0 Å². The number of nitrogens with zero attached hydrogens (tertiary/aromatic N) is 1. The van der Waals surface area contributed by atoms with Crippen molar-refractivity contribution in [2.45, 2.75) is 31.8 Å². The lowest BCUT2D eigenvalue weighted by atomic mass is 10.1. The van der Waals surface area contributed by atoms with E-state index in [0.717, 1.165) is 12.0 Å². The molecule has 0 saturated carbocycles. The number of carbonyl (C=O) groups is 2. The zero-order valence-electron chi connectivity index (χ0n) is 12.4. The lowest BCUT2D eigenvalue weighted by Gasteiger charge is -2.22. The van der Waals surface area contributed by atoms with E-state index < -0.39 is 11.9 Å². The average Bonchev–Trinajstić information content (AvgIpc) is 2.97. The van der Waals surface area contributed by atoms with Crippen molar-refractivity contribution in [3.8, 4) is 0 Å². The van der Waals surface area contributed by atoms with Crippen molar-refractivity contribution in [3.63, 3.8) is 0 Å². The van der Waals surface area contributed by atoms with Crippen molar-refractivity contribution in [2.24, 2.45) is 5.73 Å². The summed E-state index contributed by atoms with van der Waals surface area (Å²) in [6, 6.07) is 7.14. The van der Waals surface area contributed by atoms with Crippen LogP contribution in [0.3, 0.4) is 0 Å². The second-order valence-electron chi connectivity index (χ2n) is 5.32. The Morgan fingerprint density at radius 3 is 2.57 bits per heavy atom. The van der Waals surface area contributed by atoms with Crippen LogP contribution in [0.4, 0.5) is 10.5 Å². The molecule has 6 heteroatoms. The monoisotopic (exact) mass is 290 g/mol. The van der Waals surface area contributed by atoms with E-state index in [1.165, 1.54) is 4.90 Å². The Balaban J connectivity index is 2.01. The largest absolute Gasteiger partial charge is 0.368 e. The van der Waals surface area contributed by atoms with Crippen molar-refractivity contribution < 1.29 is 9.59 Å². The fraction of sp³-hybridized carbons (Fsp3) is 0.467. The highest BCUT2D eigenvalue weighted by molar-refractivity contribution is 5.93. The van der Waals surface area contributed by atoms with Gasteiger partial charge >= 0.3 is 6.03 Å². The van der Waals surface area contributed by atoms with Gasteiger partial charge in [0, 0.05) is 18.3 Å². The Labute approximate surface area is 124 Å². The van der Waals surface area contributed by atoms with Crippen molar-refractivity contribution >= 4 is 17.6 Å². The molecule has 0 bridgehead atoms. The van der Waals surface area contributed by atoms with Crippen LogP contribution in [-0.4, -0.2) is 36.5 Å². The van der Waals surface area contributed by atoms with E-state index >= 15 is 0 Å². The minimum Gasteiger partial charge on any atom is -0.368 e. The van der Waals surface area contributed by atoms with Crippen molar-refractivity contribution in [1.82, 2.24) is 10.2 Å². The first kappa shape index (κ1) is 15.3. The van der Waals surface area contributed by atoms with Gasteiger partial charge in [-0.15, -0.1) is 0 Å². The summed E-state index contributed by atoms with van der Waals surface area (Å²) >= 11 is 0. The molecule has 2 rings (SSSR count). The number of likely N-dealkylation sites (tertiary alicyclic amines) is 1. The second kappa shape index (κ2) is 6.58. The highest BCUT2D eigenvalue weighted by Crippen LogP contribution is 2.20. The van der Waals surface area contributed by atoms with Gasteiger partial charge in [0.1, 0.15) is 6.04 Å². The summed E-state index contributed by atoms with van der Waals surface area (Å²) in [6.45, 7) is 2.63. The SMILES string of the molecule is CNC(C)c1ccc(NC(=O)N2CCCC2C(N)=O)cc1. The van der Waals surface area contributed by atoms with Gasteiger partial charge in [-0.3, -0.25) is 4.79 Å². The van der Waals surface area contributed by atoms with Crippen LogP contribution in [0.5, 0.6) is 0 Å². The molecule has 1 fully saturated rings. The molecule has 4 N–H and O–H groups in total. The zero-order chi connectivity index (χ0) is 15.4. The third-order valence-corrected chi connectivity index (χ3v) is 3.94. The Morgan fingerprint density at radius 2 is 2.00 bits per heavy atom. The number of rotatable bonds is 4. The first-order valence-corrected chi connectivity index (χ1v) is 7.17. The predicted octanol–water partition coefficient (Wildman–Crippen LogP) is 1.45. The van der Waals surface area contributed by atoms with Crippen LogP contribution in [-0.2, 0) is 4.79 Å². The lowest BCUT2D eigenvalue weighted by molar-refractivity contribution is -0.121. The molecule has 6 nitrogen and oxygen atoms in total. The molecule has 2 atom stereocenters. The highest BCUT2D eigenvalue weighted by atomic mass is 16.2. The van der Waals surface area contributed by atoms with Crippen LogP contribution in [0.2, 0.25) is 0 Å². The second-order valence-corrected chi connectivity index (χ2v) is 5.32. The van der Waals surface area contributed by atoms with E-state index in [1.807, 2.05) is 31.3 Å². The van der Waals surface area contributed by atoms with Gasteiger partial charge in [0.15, 0.2) is 0 Å². The molecule has 0 spiro atoms. The van der Waals surface area contributed by atoms with Gasteiger partial charge in [-0.2, -0.15) is 0 Å². The van der Waals surface area contributed by atoms with E-state index in [-0.39, 0.29) is 12.1 Å². The van der Waals surface area contributed by atoms with Gasteiger partial charge in [-0.25, -0.2) is 4.79 Å². The van der Waals surface area contributed by atoms with Gasteiger partial charge in [-0.1, -0.05) is 12.1 Å². The molecule has 1 aromatic carbocycles. The Bertz CT molecular complexity index is 515. The van der Waals surface area contributed by atoms with Crippen molar-refractivity contribution in [2.75, 3.05) is 18.9 Å². The molecule has 3 amide bonds. The van der Waals surface area contributed by atoms with Gasteiger partial charge in [0.25, 0.3) is 0 Å². The maximum Gasteiger partial charge on any atom is 0.322 e. The van der Waals surface area contributed by atoms with Crippen LogP contribution >= 0.6 is 0 Å². The molecule has 1 aliphatic rings. The summed E-state index contributed by atoms with van der Waals surface area (Å²) in [5.74, 6) is -0.444. The molecular formula is C15H22N4O2. The van der Waals surface area contributed by atoms with Crippen LogP contribution in [0.15, 0.2) is 24.3 Å². The van der Waals surface area contributed by atoms with Gasteiger partial charge in [-0.05, 0) is 44.5 Å². The molecule has 1 aromatic rings. The molecule has 0 aromatic heterocycles. The maximum atomic E-state index is 12.2. The lowest BCUT2D eigenvalue weighted by Crippen LogP contribution is -2.45. The number of carbonyl (C=O) groups excluding carboxylic acids is 2. The maximum absolute atomic E-state index is 12.2. The van der Waals surface area contributed by atoms with Crippen LogP contribution in [0, 0.1) is 0 Å². The number of urea groups is 1. The van der Waals surface area contributed by atoms with E-state index in [9.17, 15) is 9.59 Å². The summed E-state index contributed by atoms with van der Waals surface area (Å²) in [7, 11) is 1.90. The Morgan fingerprint density at radius 1 is 1.33 bits per heavy atom. The van der Waals surface area contributed by atoms with E-state index in [1.54, 1.807) is 0 Å². The van der Waals surface area contributed by atoms with Crippen molar-refractivity contribution in [1.29, 1.82) is 0 Å². The zero-order valence-corrected chi connectivity index (χ0v) is 12.4. The Kier molecular flexibility index (Phi) is 4.80. The summed E-state index contributed by atoms with van der Waals surface area (Å²) < 4.78 is 0. The molecule has 1 saturated heterocycles. The summed E-state index contributed by atoms with van der Waals surface area (Å²) in [6.07, 6.45) is 1.45. The summed E-state index contributed by atoms with van der Waals surface area (Å²) in [4.78, 5) is 25.0. The number of anilines is 1. The van der Waals surface area contributed by atoms with Gasteiger partial charge in [0.2, 0.25) is 5.91 Å². The average molecular weight is 290 g/mol. The minimum absolute atomic E-state index is 0.257. The fourth-order valence-corrected chi connectivity index (χ4v) is 2.52. The minimum atomic E-state index is -0.492. The van der Waals surface area contributed by atoms with Crippen LogP contribution < -0.4 is 16.4 Å². The highest BCUT2D eigenvalue weighted by Gasteiger charge is 2.32. The number of hydrogen-bond acceptors (Lipinski definition) is 3. The standard InChI is InChI=1S/C15H22N4O2/c1-10(17-2)11-5-7-12(8-6-11)18-15(21)19-9-3-4-13(19)14(16)20/h5-8,10,13,17H,3-4,9H2,1-2H3,(H2,16,20)(H,18,21). The topological polar surface area (TPSA) is 87.5 Å². The molecule has 0 aliphatic carbocycles. The molecule has 114 valence electrons. The number of benzene rings is 1. The van der Waals surface area contributed by atoms with Crippen molar-refractivity contribution in [3.05, 3.63) is 29.8 Å². The molecular weight excluding hydrogens is 268 g/mol. The van der Waals surface area contributed by atoms with E-state index in [4.69, 9.17) is 5.73 Å². The molecule has 1 aliphatic heterocycles. The first-order valence-electron chi connectivity index (χ1n) is 7.17. The van der Waals surface area contributed by atoms with Crippen LogP contribution in [0.1, 0.15) is 31.4 Å². The smallest absolute Gasteiger partial charge is 0.322 e. The van der Waals surface area contributed by atoms with E-state index in [0.29, 0.717) is 18.7 Å². The number of primary amides is 1. The molecule has 1 heterocycles. The Hall–Kier alpha value is -2.08. The number of amides is 3. The molecule has 2 unspecified atom stereocenters. The molecule has 21 heavy (non-hydrogen) atoms. The number of nitrogens with one attached hydrogen (secondary N) is 2. The first-order chi connectivity index (χ1) is 10.0. The quantitative estimate of drug-likeness (QED) is 0.784. The van der Waals surface area contributed by atoms with E-state index in [2.05, 4.69) is 17.6 Å². The number of hydrogen-bond donors (Lipinski definition) is 3. The summed E-state index contributed by atoms with van der Waals surface area (Å²) in [5.41, 5.74) is 7.18. The third-order valence-electron chi connectivity index (χ3n) is 3.94. The van der Waals surface area contributed by atoms with Gasteiger partial charge < -0.3 is 21.3 Å². The summed E-state index contributed by atoms with van der Waals surface area (Å²) in [5, 5.41) is 5.97. The molecule has 0 radical (unpaired) electrons. The predicted molar refractivity (Wildman–Crippen MR) is 81.9 cm³/mol. The normalized spacial score (nSPS) is 19.3. The fourth-order valence-electron chi connectivity index (χ4n) is 2.52.